The Labute approximate surface area is 104 Å². The predicted octanol–water partition coefficient (Wildman–Crippen LogP) is 2.02. The molecule has 1 heterocycles. The smallest absolute Gasteiger partial charge is 0.0208 e. The molecular weight excluding hydrogens is 208 g/mol. The summed E-state index contributed by atoms with van der Waals surface area (Å²) in [4.78, 5) is 0. The van der Waals surface area contributed by atoms with Crippen molar-refractivity contribution >= 4 is 0 Å². The molecule has 0 bridgehead atoms. The number of fused-ring (bicyclic) bond motifs is 1. The molecule has 0 unspecified atom stereocenters. The SMILES string of the molecule is c1cc2c(cc1CCCNC1CC1)CNCC2. The van der Waals surface area contributed by atoms with Gasteiger partial charge >= 0.3 is 0 Å². The van der Waals surface area contributed by atoms with Crippen molar-refractivity contribution in [2.24, 2.45) is 0 Å². The Kier molecular flexibility index (Phi) is 3.44. The van der Waals surface area contributed by atoms with Crippen molar-refractivity contribution in [2.45, 2.75) is 44.7 Å². The molecule has 2 aliphatic rings. The van der Waals surface area contributed by atoms with Crippen LogP contribution in [0.2, 0.25) is 0 Å². The minimum atomic E-state index is 0.850. The van der Waals surface area contributed by atoms with Gasteiger partial charge in [-0.15, -0.1) is 0 Å². The molecule has 0 saturated heterocycles. The molecule has 1 aliphatic carbocycles. The van der Waals surface area contributed by atoms with Crippen LogP contribution >= 0.6 is 0 Å². The maximum absolute atomic E-state index is 3.58. The normalized spacial score (nSPS) is 19.1. The van der Waals surface area contributed by atoms with E-state index in [0.717, 1.165) is 19.1 Å². The summed E-state index contributed by atoms with van der Waals surface area (Å²) in [6, 6.07) is 7.91. The van der Waals surface area contributed by atoms with Crippen molar-refractivity contribution in [1.29, 1.82) is 0 Å². The van der Waals surface area contributed by atoms with Gasteiger partial charge in [0.1, 0.15) is 0 Å². The second-order valence-corrected chi connectivity index (χ2v) is 5.36. The van der Waals surface area contributed by atoms with Crippen LogP contribution in [0.5, 0.6) is 0 Å². The van der Waals surface area contributed by atoms with E-state index >= 15 is 0 Å². The third kappa shape index (κ3) is 3.08. The van der Waals surface area contributed by atoms with Gasteiger partial charge in [0.05, 0.1) is 0 Å². The molecule has 1 aliphatic heterocycles. The Balaban J connectivity index is 1.51. The largest absolute Gasteiger partial charge is 0.314 e. The van der Waals surface area contributed by atoms with Gasteiger partial charge in [-0.3, -0.25) is 0 Å². The number of rotatable bonds is 5. The van der Waals surface area contributed by atoms with E-state index in [0.29, 0.717) is 0 Å². The van der Waals surface area contributed by atoms with Gasteiger partial charge < -0.3 is 10.6 Å². The molecule has 0 amide bonds. The molecule has 1 aromatic carbocycles. The molecule has 0 aromatic heterocycles. The molecule has 1 saturated carbocycles. The molecule has 2 heteroatoms. The molecule has 17 heavy (non-hydrogen) atoms. The summed E-state index contributed by atoms with van der Waals surface area (Å²) in [6.45, 7) is 3.38. The number of aryl methyl sites for hydroxylation is 1. The highest BCUT2D eigenvalue weighted by Gasteiger charge is 2.19. The summed E-state index contributed by atoms with van der Waals surface area (Å²) >= 11 is 0. The molecule has 0 atom stereocenters. The van der Waals surface area contributed by atoms with Crippen LogP contribution in [-0.2, 0) is 19.4 Å². The van der Waals surface area contributed by atoms with Gasteiger partial charge in [0.15, 0.2) is 0 Å². The molecule has 3 rings (SSSR count). The van der Waals surface area contributed by atoms with Crippen molar-refractivity contribution in [3.8, 4) is 0 Å². The van der Waals surface area contributed by atoms with Gasteiger partial charge in [-0.2, -0.15) is 0 Å². The van der Waals surface area contributed by atoms with Crippen molar-refractivity contribution in [2.75, 3.05) is 13.1 Å². The van der Waals surface area contributed by atoms with Crippen LogP contribution < -0.4 is 10.6 Å². The highest BCUT2D eigenvalue weighted by Crippen LogP contribution is 2.19. The summed E-state index contributed by atoms with van der Waals surface area (Å²) in [6.07, 6.45) is 6.46. The standard InChI is InChI=1S/C15H22N2/c1(8-17-15-5-6-15)2-12-3-4-13-7-9-16-11-14(13)10-12/h3-4,10,15-17H,1-2,5-9,11H2. The molecule has 2 nitrogen and oxygen atoms in total. The van der Waals surface area contributed by atoms with Crippen molar-refractivity contribution in [3.05, 3.63) is 34.9 Å². The first kappa shape index (κ1) is 11.2. The first-order chi connectivity index (χ1) is 8.42. The summed E-state index contributed by atoms with van der Waals surface area (Å²) < 4.78 is 0. The Morgan fingerprint density at radius 3 is 3.06 bits per heavy atom. The Bertz CT molecular complexity index is 383. The Hall–Kier alpha value is -0.860. The number of hydrogen-bond donors (Lipinski definition) is 2. The van der Waals surface area contributed by atoms with Crippen molar-refractivity contribution in [1.82, 2.24) is 10.6 Å². The van der Waals surface area contributed by atoms with Crippen LogP contribution in [0.3, 0.4) is 0 Å². The lowest BCUT2D eigenvalue weighted by atomic mass is 9.97. The average Bonchev–Trinajstić information content (AvgIpc) is 3.18. The number of hydrogen-bond acceptors (Lipinski definition) is 2. The van der Waals surface area contributed by atoms with Crippen LogP contribution in [0.15, 0.2) is 18.2 Å². The summed E-state index contributed by atoms with van der Waals surface area (Å²) in [5.74, 6) is 0. The van der Waals surface area contributed by atoms with E-state index in [1.54, 1.807) is 5.56 Å². The van der Waals surface area contributed by atoms with E-state index in [4.69, 9.17) is 0 Å². The fraction of sp³-hybridized carbons (Fsp3) is 0.600. The molecule has 0 radical (unpaired) electrons. The maximum Gasteiger partial charge on any atom is 0.0208 e. The monoisotopic (exact) mass is 230 g/mol. The second-order valence-electron chi connectivity index (χ2n) is 5.36. The van der Waals surface area contributed by atoms with E-state index in [-0.39, 0.29) is 0 Å². The molecule has 1 aromatic rings. The minimum Gasteiger partial charge on any atom is -0.314 e. The summed E-state index contributed by atoms with van der Waals surface area (Å²) in [5, 5.41) is 7.02. The molecule has 2 N–H and O–H groups in total. The summed E-state index contributed by atoms with van der Waals surface area (Å²) in [7, 11) is 0. The molecule has 1 fully saturated rings. The number of benzene rings is 1. The second kappa shape index (κ2) is 5.19. The molecular formula is C15H22N2. The molecule has 0 spiro atoms. The highest BCUT2D eigenvalue weighted by molar-refractivity contribution is 5.33. The fourth-order valence-electron chi connectivity index (χ4n) is 2.58. The zero-order chi connectivity index (χ0) is 11.5. The van der Waals surface area contributed by atoms with Crippen molar-refractivity contribution in [3.63, 3.8) is 0 Å². The topological polar surface area (TPSA) is 24.1 Å². The van der Waals surface area contributed by atoms with Crippen LogP contribution in [0, 0.1) is 0 Å². The van der Waals surface area contributed by atoms with Crippen LogP contribution in [0.25, 0.3) is 0 Å². The average molecular weight is 230 g/mol. The zero-order valence-corrected chi connectivity index (χ0v) is 10.5. The Morgan fingerprint density at radius 1 is 1.24 bits per heavy atom. The third-order valence-electron chi connectivity index (χ3n) is 3.81. The van der Waals surface area contributed by atoms with Gasteiger partial charge in [0, 0.05) is 12.6 Å². The maximum atomic E-state index is 3.58. The lowest BCUT2D eigenvalue weighted by Crippen LogP contribution is -2.23. The first-order valence-electron chi connectivity index (χ1n) is 6.96. The number of nitrogens with one attached hydrogen (secondary N) is 2. The minimum absolute atomic E-state index is 0.850. The first-order valence-corrected chi connectivity index (χ1v) is 6.96. The third-order valence-corrected chi connectivity index (χ3v) is 3.81. The van der Waals surface area contributed by atoms with Gasteiger partial charge in [0.25, 0.3) is 0 Å². The van der Waals surface area contributed by atoms with E-state index in [9.17, 15) is 0 Å². The predicted molar refractivity (Wildman–Crippen MR) is 71.2 cm³/mol. The van der Waals surface area contributed by atoms with Gasteiger partial charge in [0.2, 0.25) is 0 Å². The van der Waals surface area contributed by atoms with Crippen molar-refractivity contribution < 1.29 is 0 Å². The van der Waals surface area contributed by atoms with Crippen LogP contribution in [0.1, 0.15) is 36.0 Å². The van der Waals surface area contributed by atoms with Gasteiger partial charge in [-0.05, 0) is 61.9 Å². The van der Waals surface area contributed by atoms with Crippen LogP contribution in [-0.4, -0.2) is 19.1 Å². The van der Waals surface area contributed by atoms with Crippen LogP contribution in [0.4, 0.5) is 0 Å². The van der Waals surface area contributed by atoms with E-state index in [2.05, 4.69) is 28.8 Å². The fourth-order valence-corrected chi connectivity index (χ4v) is 2.58. The molecule has 92 valence electrons. The highest BCUT2D eigenvalue weighted by atomic mass is 14.9. The Morgan fingerprint density at radius 2 is 2.18 bits per heavy atom. The zero-order valence-electron chi connectivity index (χ0n) is 10.5. The quantitative estimate of drug-likeness (QED) is 0.756. The van der Waals surface area contributed by atoms with Gasteiger partial charge in [-0.1, -0.05) is 18.2 Å². The van der Waals surface area contributed by atoms with E-state index in [1.165, 1.54) is 49.8 Å². The lowest BCUT2D eigenvalue weighted by Gasteiger charge is -2.17. The summed E-state index contributed by atoms with van der Waals surface area (Å²) in [5.41, 5.74) is 4.57. The van der Waals surface area contributed by atoms with Gasteiger partial charge in [-0.25, -0.2) is 0 Å². The van der Waals surface area contributed by atoms with E-state index in [1.807, 2.05) is 0 Å². The van der Waals surface area contributed by atoms with E-state index < -0.39 is 0 Å². The lowest BCUT2D eigenvalue weighted by molar-refractivity contribution is 0.635.